The monoisotopic (exact) mass is 418 g/mol. The highest BCUT2D eigenvalue weighted by molar-refractivity contribution is 4.89. The molecule has 1 saturated heterocycles. The van der Waals surface area contributed by atoms with Crippen molar-refractivity contribution in [2.45, 2.75) is 135 Å². The van der Waals surface area contributed by atoms with E-state index in [-0.39, 0.29) is 6.10 Å². The number of hydrogen-bond acceptors (Lipinski definition) is 6. The SMILES string of the molecule is CCCCCCCCCCC(CCC(C)CC)OC1O[C@H](CO)[C@@H](O)[C@H](O)[C@H]1O. The second-order valence-electron chi connectivity index (χ2n) is 8.81. The standard InChI is InChI=1S/C23H46O6/c1-4-6-7-8-9-10-11-12-13-18(15-14-17(3)5-2)28-23-22(27)21(26)20(25)19(16-24)29-23/h17-27H,4-16H2,1-3H3/t17?,18?,19-,20-,21+,22-,23?/m1/s1. The molecule has 6 nitrogen and oxygen atoms in total. The van der Waals surface area contributed by atoms with E-state index in [1.54, 1.807) is 0 Å². The van der Waals surface area contributed by atoms with E-state index in [1.807, 2.05) is 0 Å². The van der Waals surface area contributed by atoms with Crippen LogP contribution in [0.5, 0.6) is 0 Å². The predicted molar refractivity (Wildman–Crippen MR) is 115 cm³/mol. The van der Waals surface area contributed by atoms with E-state index in [0.29, 0.717) is 5.92 Å². The van der Waals surface area contributed by atoms with Crippen molar-refractivity contribution < 1.29 is 29.9 Å². The van der Waals surface area contributed by atoms with E-state index >= 15 is 0 Å². The molecule has 0 radical (unpaired) electrons. The summed E-state index contributed by atoms with van der Waals surface area (Å²) in [4.78, 5) is 0. The molecule has 0 bridgehead atoms. The minimum Gasteiger partial charge on any atom is -0.394 e. The van der Waals surface area contributed by atoms with Crippen molar-refractivity contribution in [2.75, 3.05) is 6.61 Å². The van der Waals surface area contributed by atoms with Gasteiger partial charge in [0.05, 0.1) is 12.7 Å². The number of aliphatic hydroxyl groups excluding tert-OH is 4. The van der Waals surface area contributed by atoms with Gasteiger partial charge in [-0.1, -0.05) is 78.6 Å². The molecule has 0 saturated carbocycles. The van der Waals surface area contributed by atoms with Crippen molar-refractivity contribution in [3.05, 3.63) is 0 Å². The lowest BCUT2D eigenvalue weighted by Gasteiger charge is -2.41. The van der Waals surface area contributed by atoms with Gasteiger partial charge >= 0.3 is 0 Å². The van der Waals surface area contributed by atoms with Gasteiger partial charge in [-0.3, -0.25) is 0 Å². The summed E-state index contributed by atoms with van der Waals surface area (Å²) in [6.45, 7) is 6.20. The number of aliphatic hydroxyl groups is 4. The Morgan fingerprint density at radius 3 is 2.00 bits per heavy atom. The average Bonchev–Trinajstić information content (AvgIpc) is 2.73. The summed E-state index contributed by atoms with van der Waals surface area (Å²) in [6, 6.07) is 0. The molecule has 1 heterocycles. The van der Waals surface area contributed by atoms with Gasteiger partial charge in [0.25, 0.3) is 0 Å². The zero-order valence-corrected chi connectivity index (χ0v) is 18.8. The predicted octanol–water partition coefficient (Wildman–Crippen LogP) is 3.53. The first-order valence-corrected chi connectivity index (χ1v) is 11.9. The molecule has 1 fully saturated rings. The van der Waals surface area contributed by atoms with Crippen LogP contribution in [0.1, 0.15) is 97.8 Å². The van der Waals surface area contributed by atoms with Gasteiger partial charge in [-0.05, 0) is 25.2 Å². The van der Waals surface area contributed by atoms with Gasteiger partial charge in [0.2, 0.25) is 0 Å². The summed E-state index contributed by atoms with van der Waals surface area (Å²) in [5.41, 5.74) is 0. The molecule has 0 spiro atoms. The van der Waals surface area contributed by atoms with Gasteiger partial charge in [0, 0.05) is 0 Å². The van der Waals surface area contributed by atoms with Crippen LogP contribution in [0.2, 0.25) is 0 Å². The van der Waals surface area contributed by atoms with Gasteiger partial charge < -0.3 is 29.9 Å². The summed E-state index contributed by atoms with van der Waals surface area (Å²) < 4.78 is 11.6. The zero-order valence-electron chi connectivity index (χ0n) is 18.8. The van der Waals surface area contributed by atoms with Gasteiger partial charge in [-0.25, -0.2) is 0 Å². The fourth-order valence-electron chi connectivity index (χ4n) is 3.83. The molecule has 3 unspecified atom stereocenters. The Kier molecular flexibility index (Phi) is 14.4. The van der Waals surface area contributed by atoms with Gasteiger partial charge in [0.15, 0.2) is 6.29 Å². The van der Waals surface area contributed by atoms with Crippen LogP contribution in [0.15, 0.2) is 0 Å². The molecule has 0 aromatic heterocycles. The Morgan fingerprint density at radius 2 is 1.41 bits per heavy atom. The smallest absolute Gasteiger partial charge is 0.186 e. The van der Waals surface area contributed by atoms with Crippen molar-refractivity contribution in [1.82, 2.24) is 0 Å². The first-order valence-electron chi connectivity index (χ1n) is 11.9. The molecule has 0 aromatic rings. The van der Waals surface area contributed by atoms with Crippen LogP contribution < -0.4 is 0 Å². The quantitative estimate of drug-likeness (QED) is 0.286. The summed E-state index contributed by atoms with van der Waals surface area (Å²) >= 11 is 0. The van der Waals surface area contributed by atoms with Crippen LogP contribution >= 0.6 is 0 Å². The topological polar surface area (TPSA) is 99.4 Å². The third-order valence-corrected chi connectivity index (χ3v) is 6.23. The third-order valence-electron chi connectivity index (χ3n) is 6.23. The number of unbranched alkanes of at least 4 members (excludes halogenated alkanes) is 7. The minimum atomic E-state index is -1.38. The van der Waals surface area contributed by atoms with Gasteiger partial charge in [0.1, 0.15) is 24.4 Å². The van der Waals surface area contributed by atoms with Crippen LogP contribution in [-0.2, 0) is 9.47 Å². The Morgan fingerprint density at radius 1 is 0.793 bits per heavy atom. The maximum absolute atomic E-state index is 10.3. The van der Waals surface area contributed by atoms with Crippen LogP contribution in [0, 0.1) is 5.92 Å². The highest BCUT2D eigenvalue weighted by Crippen LogP contribution is 2.26. The first kappa shape index (κ1) is 26.8. The third kappa shape index (κ3) is 10.1. The van der Waals surface area contributed by atoms with Crippen molar-refractivity contribution in [2.24, 2.45) is 5.92 Å². The maximum Gasteiger partial charge on any atom is 0.186 e. The number of hydrogen-bond donors (Lipinski definition) is 4. The lowest BCUT2D eigenvalue weighted by atomic mass is 9.96. The number of ether oxygens (including phenoxy) is 2. The van der Waals surface area contributed by atoms with E-state index in [0.717, 1.165) is 32.1 Å². The Balaban J connectivity index is 2.49. The molecule has 0 aliphatic carbocycles. The molecule has 29 heavy (non-hydrogen) atoms. The molecular formula is C23H46O6. The normalized spacial score (nSPS) is 29.7. The van der Waals surface area contributed by atoms with Gasteiger partial charge in [-0.2, -0.15) is 0 Å². The fraction of sp³-hybridized carbons (Fsp3) is 1.00. The van der Waals surface area contributed by atoms with Crippen LogP contribution in [0.25, 0.3) is 0 Å². The second kappa shape index (κ2) is 15.5. The molecule has 1 aliphatic heterocycles. The van der Waals surface area contributed by atoms with Crippen molar-refractivity contribution in [3.8, 4) is 0 Å². The van der Waals surface area contributed by atoms with E-state index in [4.69, 9.17) is 9.47 Å². The molecule has 1 aliphatic rings. The van der Waals surface area contributed by atoms with Crippen LogP contribution in [0.3, 0.4) is 0 Å². The van der Waals surface area contributed by atoms with E-state index < -0.39 is 37.3 Å². The summed E-state index contributed by atoms with van der Waals surface area (Å²) in [6.07, 6.45) is 7.85. The Labute approximate surface area is 177 Å². The molecular weight excluding hydrogens is 372 g/mol. The van der Waals surface area contributed by atoms with E-state index in [1.165, 1.54) is 44.9 Å². The minimum absolute atomic E-state index is 0.0643. The summed E-state index contributed by atoms with van der Waals surface area (Å²) in [5, 5.41) is 39.6. The molecule has 6 heteroatoms. The zero-order chi connectivity index (χ0) is 21.6. The van der Waals surface area contributed by atoms with E-state index in [2.05, 4.69) is 20.8 Å². The maximum atomic E-state index is 10.3. The highest BCUT2D eigenvalue weighted by Gasteiger charge is 2.44. The molecule has 4 N–H and O–H groups in total. The van der Waals surface area contributed by atoms with Gasteiger partial charge in [-0.15, -0.1) is 0 Å². The number of rotatable bonds is 16. The molecule has 7 atom stereocenters. The van der Waals surface area contributed by atoms with Crippen LogP contribution in [-0.4, -0.2) is 63.8 Å². The lowest BCUT2D eigenvalue weighted by Crippen LogP contribution is -2.59. The first-order chi connectivity index (χ1) is 13.9. The fourth-order valence-corrected chi connectivity index (χ4v) is 3.83. The Bertz CT molecular complexity index is 392. The lowest BCUT2D eigenvalue weighted by molar-refractivity contribution is -0.312. The average molecular weight is 419 g/mol. The summed E-state index contributed by atoms with van der Waals surface area (Å²) in [7, 11) is 0. The molecule has 1 rings (SSSR count). The van der Waals surface area contributed by atoms with Crippen LogP contribution in [0.4, 0.5) is 0 Å². The Hall–Kier alpha value is -0.240. The molecule has 174 valence electrons. The largest absolute Gasteiger partial charge is 0.394 e. The summed E-state index contributed by atoms with van der Waals surface area (Å²) in [5.74, 6) is 0.606. The second-order valence-corrected chi connectivity index (χ2v) is 8.81. The van der Waals surface area contributed by atoms with E-state index in [9.17, 15) is 20.4 Å². The highest BCUT2D eigenvalue weighted by atomic mass is 16.7. The van der Waals surface area contributed by atoms with Crippen molar-refractivity contribution >= 4 is 0 Å². The van der Waals surface area contributed by atoms with Crippen molar-refractivity contribution in [1.29, 1.82) is 0 Å². The molecule has 0 aromatic carbocycles. The van der Waals surface area contributed by atoms with Crippen molar-refractivity contribution in [3.63, 3.8) is 0 Å². The molecule has 0 amide bonds.